The Balaban J connectivity index is 1.69. The van der Waals surface area contributed by atoms with Crippen molar-refractivity contribution in [2.24, 2.45) is 10.6 Å². The van der Waals surface area contributed by atoms with Crippen LogP contribution in [0.4, 0.5) is 4.39 Å². The highest BCUT2D eigenvalue weighted by atomic mass is 19.1. The third-order valence-electron chi connectivity index (χ3n) is 4.55. The summed E-state index contributed by atoms with van der Waals surface area (Å²) in [5.41, 5.74) is 0.216. The van der Waals surface area contributed by atoms with E-state index in [9.17, 15) is 14.3 Å². The number of benzene rings is 1. The Bertz CT molecular complexity index is 597. The number of aliphatic carboxylic acids is 1. The van der Waals surface area contributed by atoms with E-state index < -0.39 is 11.4 Å². The lowest BCUT2D eigenvalue weighted by Crippen LogP contribution is -2.44. The van der Waals surface area contributed by atoms with Gasteiger partial charge in [0.05, 0.1) is 11.1 Å². The molecule has 1 aromatic rings. The number of carboxylic acids is 1. The standard InChI is InChI=1S/C16H19FN2O3/c17-13-4-2-1-3-12(13)14-9-11(22-19-14)10-16(15(20)21)5-7-18-8-6-16/h1-4,11,18H,5-10H2,(H,20,21)/t11-/m0/s1. The predicted octanol–water partition coefficient (Wildman–Crippen LogP) is 2.16. The Hall–Kier alpha value is -1.95. The molecule has 0 spiro atoms. The molecule has 2 N–H and O–H groups in total. The number of hydrogen-bond donors (Lipinski definition) is 2. The highest BCUT2D eigenvalue weighted by Crippen LogP contribution is 2.37. The largest absolute Gasteiger partial charge is 0.481 e. The molecule has 22 heavy (non-hydrogen) atoms. The second-order valence-corrected chi connectivity index (χ2v) is 5.99. The van der Waals surface area contributed by atoms with Gasteiger partial charge in [0.25, 0.3) is 0 Å². The van der Waals surface area contributed by atoms with Gasteiger partial charge in [0.15, 0.2) is 0 Å². The first-order valence-corrected chi connectivity index (χ1v) is 7.52. The summed E-state index contributed by atoms with van der Waals surface area (Å²) < 4.78 is 13.8. The number of piperidine rings is 1. The van der Waals surface area contributed by atoms with Gasteiger partial charge in [-0.3, -0.25) is 4.79 Å². The summed E-state index contributed by atoms with van der Waals surface area (Å²) in [6.07, 6.45) is 1.72. The van der Waals surface area contributed by atoms with Crippen molar-refractivity contribution < 1.29 is 19.1 Å². The number of nitrogens with one attached hydrogen (secondary N) is 1. The van der Waals surface area contributed by atoms with Crippen molar-refractivity contribution in [3.63, 3.8) is 0 Å². The van der Waals surface area contributed by atoms with Crippen molar-refractivity contribution in [1.82, 2.24) is 5.32 Å². The van der Waals surface area contributed by atoms with Crippen LogP contribution >= 0.6 is 0 Å². The lowest BCUT2D eigenvalue weighted by Gasteiger charge is -2.34. The van der Waals surface area contributed by atoms with Crippen LogP contribution in [-0.2, 0) is 9.63 Å². The quantitative estimate of drug-likeness (QED) is 0.894. The van der Waals surface area contributed by atoms with Gasteiger partial charge >= 0.3 is 5.97 Å². The minimum Gasteiger partial charge on any atom is -0.481 e. The molecule has 2 heterocycles. The van der Waals surface area contributed by atoms with Crippen molar-refractivity contribution in [3.8, 4) is 0 Å². The molecule has 3 rings (SSSR count). The van der Waals surface area contributed by atoms with Gasteiger partial charge in [-0.2, -0.15) is 0 Å². The molecule has 1 fully saturated rings. The number of oxime groups is 1. The second kappa shape index (κ2) is 6.04. The van der Waals surface area contributed by atoms with Crippen molar-refractivity contribution in [2.45, 2.75) is 31.8 Å². The lowest BCUT2D eigenvalue weighted by atomic mass is 9.74. The first kappa shape index (κ1) is 15.0. The molecule has 1 aromatic carbocycles. The van der Waals surface area contributed by atoms with Crippen LogP contribution in [0.25, 0.3) is 0 Å². The van der Waals surface area contributed by atoms with Crippen LogP contribution in [0.5, 0.6) is 0 Å². The molecule has 0 bridgehead atoms. The van der Waals surface area contributed by atoms with Gasteiger partial charge in [-0.25, -0.2) is 4.39 Å². The fourth-order valence-electron chi connectivity index (χ4n) is 3.24. The molecule has 0 unspecified atom stereocenters. The average Bonchev–Trinajstić information content (AvgIpc) is 2.96. The summed E-state index contributed by atoms with van der Waals surface area (Å²) in [5.74, 6) is -1.11. The maximum absolute atomic E-state index is 13.8. The maximum atomic E-state index is 13.8. The minimum absolute atomic E-state index is 0.302. The molecule has 0 amide bonds. The lowest BCUT2D eigenvalue weighted by molar-refractivity contribution is -0.153. The molecule has 2 aliphatic heterocycles. The van der Waals surface area contributed by atoms with Crippen LogP contribution in [0.3, 0.4) is 0 Å². The van der Waals surface area contributed by atoms with Crippen LogP contribution in [0.1, 0.15) is 31.2 Å². The zero-order valence-corrected chi connectivity index (χ0v) is 12.2. The molecule has 0 aromatic heterocycles. The van der Waals surface area contributed by atoms with Gasteiger partial charge < -0.3 is 15.3 Å². The minimum atomic E-state index is -0.781. The van der Waals surface area contributed by atoms with Gasteiger partial charge in [-0.1, -0.05) is 23.4 Å². The van der Waals surface area contributed by atoms with Crippen molar-refractivity contribution in [2.75, 3.05) is 13.1 Å². The number of rotatable bonds is 4. The van der Waals surface area contributed by atoms with Crippen molar-refractivity contribution >= 4 is 11.7 Å². The first-order valence-electron chi connectivity index (χ1n) is 7.52. The molecular weight excluding hydrogens is 287 g/mol. The van der Waals surface area contributed by atoms with Crippen LogP contribution in [0, 0.1) is 11.2 Å². The zero-order chi connectivity index (χ0) is 15.6. The molecular formula is C16H19FN2O3. The van der Waals surface area contributed by atoms with Gasteiger partial charge in [-0.15, -0.1) is 0 Å². The van der Waals surface area contributed by atoms with Crippen LogP contribution < -0.4 is 5.32 Å². The number of carbonyl (C=O) groups is 1. The fourth-order valence-corrected chi connectivity index (χ4v) is 3.24. The van der Waals surface area contributed by atoms with E-state index in [1.54, 1.807) is 18.2 Å². The molecule has 0 saturated carbocycles. The zero-order valence-electron chi connectivity index (χ0n) is 12.2. The smallest absolute Gasteiger partial charge is 0.309 e. The van der Waals surface area contributed by atoms with E-state index in [1.807, 2.05) is 0 Å². The summed E-state index contributed by atoms with van der Waals surface area (Å²) in [7, 11) is 0. The normalized spacial score (nSPS) is 23.7. The van der Waals surface area contributed by atoms with E-state index in [-0.39, 0.29) is 11.9 Å². The summed E-state index contributed by atoms with van der Waals surface area (Å²) in [5, 5.41) is 16.7. The highest BCUT2D eigenvalue weighted by Gasteiger charge is 2.43. The SMILES string of the molecule is O=C(O)C1(C[C@@H]2CC(c3ccccc3F)=NO2)CCNCC1. The highest BCUT2D eigenvalue weighted by molar-refractivity contribution is 6.01. The van der Waals surface area contributed by atoms with Crippen molar-refractivity contribution in [1.29, 1.82) is 0 Å². The molecule has 2 aliphatic rings. The molecule has 0 radical (unpaired) electrons. The maximum Gasteiger partial charge on any atom is 0.309 e. The molecule has 0 aliphatic carbocycles. The molecule has 118 valence electrons. The Labute approximate surface area is 128 Å². The van der Waals surface area contributed by atoms with E-state index >= 15 is 0 Å². The summed E-state index contributed by atoms with van der Waals surface area (Å²) in [6.45, 7) is 1.39. The van der Waals surface area contributed by atoms with E-state index in [0.717, 1.165) is 0 Å². The summed E-state index contributed by atoms with van der Waals surface area (Å²) in [4.78, 5) is 17.1. The Morgan fingerprint density at radius 1 is 1.41 bits per heavy atom. The predicted molar refractivity (Wildman–Crippen MR) is 79.2 cm³/mol. The Morgan fingerprint density at radius 3 is 2.82 bits per heavy atom. The van der Waals surface area contributed by atoms with Crippen molar-refractivity contribution in [3.05, 3.63) is 35.6 Å². The fraction of sp³-hybridized carbons (Fsp3) is 0.500. The van der Waals surface area contributed by atoms with Crippen LogP contribution in [-0.4, -0.2) is 36.0 Å². The summed E-state index contributed by atoms with van der Waals surface area (Å²) >= 11 is 0. The Morgan fingerprint density at radius 2 is 2.14 bits per heavy atom. The van der Waals surface area contributed by atoms with Gasteiger partial charge in [0, 0.05) is 18.4 Å². The molecule has 1 atom stereocenters. The first-order chi connectivity index (χ1) is 10.6. The van der Waals surface area contributed by atoms with Crippen LogP contribution in [0.15, 0.2) is 29.4 Å². The number of carboxylic acid groups (broad SMARTS) is 1. The number of halogens is 1. The van der Waals surface area contributed by atoms with E-state index in [2.05, 4.69) is 10.5 Å². The molecule has 5 nitrogen and oxygen atoms in total. The van der Waals surface area contributed by atoms with Crippen LogP contribution in [0.2, 0.25) is 0 Å². The topological polar surface area (TPSA) is 70.9 Å². The molecule has 1 saturated heterocycles. The van der Waals surface area contributed by atoms with Gasteiger partial charge in [-0.05, 0) is 32.0 Å². The number of hydrogen-bond acceptors (Lipinski definition) is 4. The van der Waals surface area contributed by atoms with E-state index in [0.29, 0.717) is 50.0 Å². The summed E-state index contributed by atoms with van der Waals surface area (Å²) in [6, 6.07) is 6.43. The third-order valence-corrected chi connectivity index (χ3v) is 4.55. The van der Waals surface area contributed by atoms with E-state index in [4.69, 9.17) is 4.84 Å². The van der Waals surface area contributed by atoms with E-state index in [1.165, 1.54) is 6.07 Å². The third kappa shape index (κ3) is 2.83. The van der Waals surface area contributed by atoms with Gasteiger partial charge in [0.2, 0.25) is 0 Å². The van der Waals surface area contributed by atoms with Gasteiger partial charge in [0.1, 0.15) is 11.9 Å². The second-order valence-electron chi connectivity index (χ2n) is 5.99. The number of nitrogens with zero attached hydrogens (tertiary/aromatic N) is 1. The monoisotopic (exact) mass is 306 g/mol. The Kier molecular flexibility index (Phi) is 4.11. The molecule has 6 heteroatoms. The average molecular weight is 306 g/mol.